The van der Waals surface area contributed by atoms with Crippen LogP contribution in [0.25, 0.3) is 11.1 Å². The molecule has 0 amide bonds. The van der Waals surface area contributed by atoms with Crippen LogP contribution in [0.4, 0.5) is 5.69 Å². The molecule has 3 rings (SSSR count). The molecule has 80 valence electrons. The highest BCUT2D eigenvalue weighted by Gasteiger charge is 2.23. The van der Waals surface area contributed by atoms with Crippen molar-refractivity contribution in [2.45, 2.75) is 6.42 Å². The first-order chi connectivity index (χ1) is 7.68. The number of benzene rings is 2. The van der Waals surface area contributed by atoms with Gasteiger partial charge < -0.3 is 10.8 Å². The van der Waals surface area contributed by atoms with E-state index < -0.39 is 0 Å². The number of phenols is 1. The molecule has 0 aromatic heterocycles. The summed E-state index contributed by atoms with van der Waals surface area (Å²) in [6, 6.07) is 10.2. The summed E-state index contributed by atoms with van der Waals surface area (Å²) in [5.74, 6) is 0.209. The molecule has 0 bridgehead atoms. The maximum Gasteiger partial charge on any atom is 0.143 e. The second-order valence-corrected chi connectivity index (χ2v) is 4.84. The first-order valence-electron chi connectivity index (χ1n) is 5.06. The molecule has 0 aliphatic heterocycles. The van der Waals surface area contributed by atoms with Gasteiger partial charge in [-0.25, -0.2) is 0 Å². The summed E-state index contributed by atoms with van der Waals surface area (Å²) in [5.41, 5.74) is 10.7. The van der Waals surface area contributed by atoms with E-state index >= 15 is 0 Å². The van der Waals surface area contributed by atoms with Crippen LogP contribution in [-0.4, -0.2) is 5.11 Å². The fourth-order valence-corrected chi connectivity index (χ4v) is 2.66. The zero-order valence-corrected chi connectivity index (χ0v) is 10.1. The van der Waals surface area contributed by atoms with Crippen molar-refractivity contribution in [2.24, 2.45) is 0 Å². The van der Waals surface area contributed by atoms with E-state index in [4.69, 9.17) is 5.73 Å². The summed E-state index contributed by atoms with van der Waals surface area (Å²) >= 11 is 3.37. The van der Waals surface area contributed by atoms with Crippen molar-refractivity contribution in [2.75, 3.05) is 5.73 Å². The summed E-state index contributed by atoms with van der Waals surface area (Å²) < 4.78 is 0.750. The molecule has 1 aliphatic carbocycles. The Balaban J connectivity index is 2.34. The van der Waals surface area contributed by atoms with E-state index in [1.165, 1.54) is 11.1 Å². The van der Waals surface area contributed by atoms with Gasteiger partial charge in [0.25, 0.3) is 0 Å². The Kier molecular flexibility index (Phi) is 1.98. The average molecular weight is 276 g/mol. The predicted molar refractivity (Wildman–Crippen MR) is 68.5 cm³/mol. The predicted octanol–water partition coefficient (Wildman–Crippen LogP) is 3.31. The van der Waals surface area contributed by atoms with Gasteiger partial charge in [-0.05, 0) is 38.7 Å². The molecular formula is C13H10BrNO. The zero-order chi connectivity index (χ0) is 11.3. The lowest BCUT2D eigenvalue weighted by Gasteiger charge is -2.08. The van der Waals surface area contributed by atoms with Crippen molar-refractivity contribution in [3.63, 3.8) is 0 Å². The van der Waals surface area contributed by atoms with Gasteiger partial charge in [-0.15, -0.1) is 0 Å². The summed E-state index contributed by atoms with van der Waals surface area (Å²) in [6.45, 7) is 0. The molecule has 0 saturated carbocycles. The van der Waals surface area contributed by atoms with Crippen LogP contribution in [-0.2, 0) is 6.42 Å². The number of nitrogens with two attached hydrogens (primary N) is 1. The highest BCUT2D eigenvalue weighted by atomic mass is 79.9. The molecule has 0 radical (unpaired) electrons. The SMILES string of the molecule is Nc1c(Br)cc2c(c1O)Cc1ccccc1-2. The van der Waals surface area contributed by atoms with Crippen LogP contribution in [0.1, 0.15) is 11.1 Å². The third-order valence-corrected chi connectivity index (χ3v) is 3.73. The number of hydrogen-bond acceptors (Lipinski definition) is 2. The van der Waals surface area contributed by atoms with Crippen LogP contribution in [0, 0.1) is 0 Å². The molecule has 3 N–H and O–H groups in total. The molecule has 0 heterocycles. The Labute approximate surface area is 102 Å². The number of aromatic hydroxyl groups is 1. The molecule has 0 spiro atoms. The second-order valence-electron chi connectivity index (χ2n) is 3.98. The fraction of sp³-hybridized carbons (Fsp3) is 0.0769. The molecule has 0 fully saturated rings. The third kappa shape index (κ3) is 1.18. The number of halogens is 1. The Hall–Kier alpha value is -1.48. The number of fused-ring (bicyclic) bond motifs is 3. The number of hydrogen-bond donors (Lipinski definition) is 2. The summed E-state index contributed by atoms with van der Waals surface area (Å²) in [7, 11) is 0. The molecule has 0 unspecified atom stereocenters. The Bertz CT molecular complexity index is 593. The summed E-state index contributed by atoms with van der Waals surface area (Å²) in [6.07, 6.45) is 0.759. The molecule has 3 heteroatoms. The highest BCUT2D eigenvalue weighted by Crippen LogP contribution is 2.46. The molecule has 2 aromatic carbocycles. The minimum absolute atomic E-state index is 0.209. The topological polar surface area (TPSA) is 46.2 Å². The van der Waals surface area contributed by atoms with Gasteiger partial charge in [0.2, 0.25) is 0 Å². The highest BCUT2D eigenvalue weighted by molar-refractivity contribution is 9.10. The van der Waals surface area contributed by atoms with Crippen molar-refractivity contribution >= 4 is 21.6 Å². The second kappa shape index (κ2) is 3.25. The van der Waals surface area contributed by atoms with Gasteiger partial charge in [-0.1, -0.05) is 24.3 Å². The van der Waals surface area contributed by atoms with Gasteiger partial charge in [-0.3, -0.25) is 0 Å². The number of nitrogen functional groups attached to an aromatic ring is 1. The fourth-order valence-electron chi connectivity index (χ4n) is 2.24. The van der Waals surface area contributed by atoms with E-state index in [-0.39, 0.29) is 5.75 Å². The zero-order valence-electron chi connectivity index (χ0n) is 8.50. The average Bonchev–Trinajstić information content (AvgIpc) is 2.65. The van der Waals surface area contributed by atoms with E-state index in [0.717, 1.165) is 22.0 Å². The van der Waals surface area contributed by atoms with E-state index in [1.54, 1.807) is 0 Å². The van der Waals surface area contributed by atoms with E-state index in [1.807, 2.05) is 18.2 Å². The third-order valence-electron chi connectivity index (χ3n) is 3.07. The Morgan fingerprint density at radius 3 is 2.75 bits per heavy atom. The molecule has 16 heavy (non-hydrogen) atoms. The number of phenolic OH excluding ortho intramolecular Hbond substituents is 1. The Morgan fingerprint density at radius 1 is 1.19 bits per heavy atom. The normalized spacial score (nSPS) is 12.3. The van der Waals surface area contributed by atoms with Gasteiger partial charge >= 0.3 is 0 Å². The van der Waals surface area contributed by atoms with E-state index in [0.29, 0.717) is 5.69 Å². The van der Waals surface area contributed by atoms with Gasteiger partial charge in [0, 0.05) is 16.5 Å². The van der Waals surface area contributed by atoms with Crippen LogP contribution in [0.15, 0.2) is 34.8 Å². The summed E-state index contributed by atoms with van der Waals surface area (Å²) in [4.78, 5) is 0. The largest absolute Gasteiger partial charge is 0.505 e. The molecule has 0 saturated heterocycles. The number of anilines is 1. The van der Waals surface area contributed by atoms with Crippen molar-refractivity contribution in [1.82, 2.24) is 0 Å². The standard InChI is InChI=1S/C13H10BrNO/c14-11-6-9-8-4-2-1-3-7(8)5-10(9)13(16)12(11)15/h1-4,6,16H,5,15H2. The first kappa shape index (κ1) is 9.73. The van der Waals surface area contributed by atoms with Crippen molar-refractivity contribution in [1.29, 1.82) is 0 Å². The maximum atomic E-state index is 10.0. The minimum Gasteiger partial charge on any atom is -0.505 e. The van der Waals surface area contributed by atoms with Crippen LogP contribution in [0.5, 0.6) is 5.75 Å². The summed E-state index contributed by atoms with van der Waals surface area (Å²) in [5, 5.41) is 10.0. The van der Waals surface area contributed by atoms with Crippen LogP contribution in [0.3, 0.4) is 0 Å². The lowest BCUT2D eigenvalue weighted by molar-refractivity contribution is 0.473. The number of rotatable bonds is 0. The molecule has 0 atom stereocenters. The maximum absolute atomic E-state index is 10.0. The van der Waals surface area contributed by atoms with Crippen LogP contribution in [0.2, 0.25) is 0 Å². The van der Waals surface area contributed by atoms with Crippen molar-refractivity contribution in [3.8, 4) is 16.9 Å². The lowest BCUT2D eigenvalue weighted by Crippen LogP contribution is -1.92. The van der Waals surface area contributed by atoms with Gasteiger partial charge in [-0.2, -0.15) is 0 Å². The monoisotopic (exact) mass is 275 g/mol. The van der Waals surface area contributed by atoms with Gasteiger partial charge in [0.05, 0.1) is 5.69 Å². The molecule has 2 nitrogen and oxygen atoms in total. The molecule has 2 aromatic rings. The van der Waals surface area contributed by atoms with Crippen molar-refractivity contribution in [3.05, 3.63) is 45.9 Å². The minimum atomic E-state index is 0.209. The van der Waals surface area contributed by atoms with Gasteiger partial charge in [0.1, 0.15) is 5.75 Å². The first-order valence-corrected chi connectivity index (χ1v) is 5.86. The van der Waals surface area contributed by atoms with Crippen molar-refractivity contribution < 1.29 is 5.11 Å². The van der Waals surface area contributed by atoms with Crippen LogP contribution >= 0.6 is 15.9 Å². The van der Waals surface area contributed by atoms with Crippen LogP contribution < -0.4 is 5.73 Å². The van der Waals surface area contributed by atoms with E-state index in [2.05, 4.69) is 28.1 Å². The smallest absolute Gasteiger partial charge is 0.143 e. The molecular weight excluding hydrogens is 266 g/mol. The quantitative estimate of drug-likeness (QED) is 0.489. The molecule has 1 aliphatic rings. The van der Waals surface area contributed by atoms with E-state index in [9.17, 15) is 5.11 Å². The Morgan fingerprint density at radius 2 is 1.94 bits per heavy atom. The lowest BCUT2D eigenvalue weighted by atomic mass is 10.0. The van der Waals surface area contributed by atoms with Gasteiger partial charge in [0.15, 0.2) is 0 Å².